The minimum atomic E-state index is -0.745. The van der Waals surface area contributed by atoms with E-state index in [-0.39, 0.29) is 53.4 Å². The van der Waals surface area contributed by atoms with E-state index in [1.54, 1.807) is 13.8 Å². The van der Waals surface area contributed by atoms with E-state index in [9.17, 15) is 9.59 Å². The Morgan fingerprint density at radius 2 is 1.18 bits per heavy atom. The Kier molecular flexibility index (Phi) is 20.2. The molecule has 0 fully saturated rings. The van der Waals surface area contributed by atoms with E-state index in [4.69, 9.17) is 10.2 Å². The van der Waals surface area contributed by atoms with Gasteiger partial charge in [0.2, 0.25) is 0 Å². The van der Waals surface area contributed by atoms with Crippen molar-refractivity contribution in [1.82, 2.24) is 0 Å². The summed E-state index contributed by atoms with van der Waals surface area (Å²) in [7, 11) is 0. The number of carboxylic acids is 2. The van der Waals surface area contributed by atoms with Gasteiger partial charge in [-0.3, -0.25) is 9.59 Å². The van der Waals surface area contributed by atoms with Gasteiger partial charge in [-0.05, 0) is 0 Å². The molecule has 11 heavy (non-hydrogen) atoms. The van der Waals surface area contributed by atoms with E-state index in [0.717, 1.165) is 0 Å². The molecular formula is C6H14CaO4. The van der Waals surface area contributed by atoms with E-state index in [1.165, 1.54) is 0 Å². The molecule has 0 aliphatic heterocycles. The molecule has 0 bridgehead atoms. The molecule has 0 aliphatic carbocycles. The fraction of sp³-hybridized carbons (Fsp3) is 0.667. The molecule has 0 spiro atoms. The van der Waals surface area contributed by atoms with Crippen molar-refractivity contribution in [1.29, 1.82) is 0 Å². The van der Waals surface area contributed by atoms with Gasteiger partial charge >= 0.3 is 49.7 Å². The molecule has 0 aromatic heterocycles. The maximum atomic E-state index is 9.37. The Labute approximate surface area is 98.6 Å². The van der Waals surface area contributed by atoms with Crippen LogP contribution >= 0.6 is 0 Å². The first kappa shape index (κ1) is 17.3. The van der Waals surface area contributed by atoms with Gasteiger partial charge in [0.05, 0.1) is 0 Å². The monoisotopic (exact) mass is 190 g/mol. The number of carboxylic acid groups (broad SMARTS) is 2. The minimum absolute atomic E-state index is 0. The van der Waals surface area contributed by atoms with E-state index >= 15 is 0 Å². The van der Waals surface area contributed by atoms with Gasteiger partial charge in [0.15, 0.2) is 0 Å². The van der Waals surface area contributed by atoms with Gasteiger partial charge in [-0.2, -0.15) is 0 Å². The van der Waals surface area contributed by atoms with Crippen molar-refractivity contribution in [2.45, 2.75) is 26.7 Å². The van der Waals surface area contributed by atoms with Crippen molar-refractivity contribution in [2.24, 2.45) is 0 Å². The standard InChI is InChI=1S/2C3H6O2.Ca.2H/c2*1-2-3(4)5;;;/h2*2H2,1H3,(H,4,5);;;/q;;+2;2*-1. The quantitative estimate of drug-likeness (QED) is 0.632. The van der Waals surface area contributed by atoms with Crippen LogP contribution in [-0.4, -0.2) is 59.9 Å². The SMILES string of the molecule is CCC(=O)O.CCC(=O)O.[Ca+2].[H-].[H-]. The first-order valence-electron chi connectivity index (χ1n) is 2.98. The van der Waals surface area contributed by atoms with Crippen LogP contribution in [0.5, 0.6) is 0 Å². The number of aliphatic carboxylic acids is 2. The molecule has 5 heteroatoms. The fourth-order valence-corrected chi connectivity index (χ4v) is 0. The number of hydrogen-bond donors (Lipinski definition) is 2. The Hall–Kier alpha value is 0.200. The Balaban J connectivity index is -0.0000000267. The zero-order valence-corrected chi connectivity index (χ0v) is 9.04. The second-order valence-electron chi connectivity index (χ2n) is 1.49. The smallest absolute Gasteiger partial charge is 1.00 e. The Morgan fingerprint density at radius 3 is 1.18 bits per heavy atom. The van der Waals surface area contributed by atoms with Crippen molar-refractivity contribution in [2.75, 3.05) is 0 Å². The van der Waals surface area contributed by atoms with E-state index in [1.807, 2.05) is 0 Å². The molecule has 0 rings (SSSR count). The average molecular weight is 190 g/mol. The molecule has 0 saturated heterocycles. The van der Waals surface area contributed by atoms with Gasteiger partial charge in [-0.15, -0.1) is 0 Å². The van der Waals surface area contributed by atoms with E-state index in [0.29, 0.717) is 0 Å². The van der Waals surface area contributed by atoms with Crippen LogP contribution < -0.4 is 0 Å². The predicted molar refractivity (Wildman–Crippen MR) is 43.8 cm³/mol. The summed E-state index contributed by atoms with van der Waals surface area (Å²) < 4.78 is 0. The molecule has 64 valence electrons. The molecule has 0 heterocycles. The topological polar surface area (TPSA) is 74.6 Å². The second-order valence-corrected chi connectivity index (χ2v) is 1.49. The summed E-state index contributed by atoms with van der Waals surface area (Å²) in [6, 6.07) is 0. The maximum absolute atomic E-state index is 9.37. The molecule has 0 amide bonds. The van der Waals surface area contributed by atoms with Crippen LogP contribution in [0.4, 0.5) is 0 Å². The minimum Gasteiger partial charge on any atom is -1.00 e. The Bertz CT molecular complexity index is 107. The van der Waals surface area contributed by atoms with Gasteiger partial charge in [-0.1, -0.05) is 13.8 Å². The summed E-state index contributed by atoms with van der Waals surface area (Å²) in [5.74, 6) is -1.49. The zero-order valence-electron chi connectivity index (χ0n) is 8.83. The van der Waals surface area contributed by atoms with Crippen molar-refractivity contribution in [3.63, 3.8) is 0 Å². The first-order valence-corrected chi connectivity index (χ1v) is 2.98. The molecule has 0 saturated carbocycles. The number of carbonyl (C=O) groups is 2. The van der Waals surface area contributed by atoms with Gasteiger partial charge in [0, 0.05) is 12.8 Å². The van der Waals surface area contributed by atoms with Gasteiger partial charge < -0.3 is 13.1 Å². The molecule has 4 nitrogen and oxygen atoms in total. The third-order valence-electron chi connectivity index (χ3n) is 0.605. The summed E-state index contributed by atoms with van der Waals surface area (Å²) >= 11 is 0. The van der Waals surface area contributed by atoms with Crippen LogP contribution in [0.1, 0.15) is 29.5 Å². The second kappa shape index (κ2) is 12.8. The van der Waals surface area contributed by atoms with Crippen LogP contribution in [0.25, 0.3) is 0 Å². The molecular weight excluding hydrogens is 176 g/mol. The molecule has 0 aromatic rings. The largest absolute Gasteiger partial charge is 2.00 e. The van der Waals surface area contributed by atoms with Crippen molar-refractivity contribution in [3.05, 3.63) is 0 Å². The first-order chi connectivity index (χ1) is 4.54. The van der Waals surface area contributed by atoms with Gasteiger partial charge in [0.25, 0.3) is 0 Å². The van der Waals surface area contributed by atoms with Gasteiger partial charge in [-0.25, -0.2) is 0 Å². The van der Waals surface area contributed by atoms with Crippen LogP contribution in [0.15, 0.2) is 0 Å². The molecule has 0 radical (unpaired) electrons. The third-order valence-corrected chi connectivity index (χ3v) is 0.605. The zero-order chi connectivity index (χ0) is 8.57. The molecule has 0 atom stereocenters. The van der Waals surface area contributed by atoms with Crippen molar-refractivity contribution in [3.8, 4) is 0 Å². The van der Waals surface area contributed by atoms with Gasteiger partial charge in [0.1, 0.15) is 0 Å². The summed E-state index contributed by atoms with van der Waals surface area (Å²) in [5.41, 5.74) is 0. The number of hydrogen-bond acceptors (Lipinski definition) is 2. The molecule has 0 unspecified atom stereocenters. The van der Waals surface area contributed by atoms with Crippen LogP contribution in [0.2, 0.25) is 0 Å². The normalized spacial score (nSPS) is 6.73. The van der Waals surface area contributed by atoms with Crippen LogP contribution in [0.3, 0.4) is 0 Å². The predicted octanol–water partition coefficient (Wildman–Crippen LogP) is 0.806. The average Bonchev–Trinajstić information content (AvgIpc) is 1.89. The summed E-state index contributed by atoms with van der Waals surface area (Å²) in [5, 5.41) is 15.4. The third kappa shape index (κ3) is 38.9. The molecule has 2 N–H and O–H groups in total. The van der Waals surface area contributed by atoms with Crippen molar-refractivity contribution < 1.29 is 22.7 Å². The Morgan fingerprint density at radius 1 is 1.09 bits per heavy atom. The molecule has 0 aliphatic rings. The number of rotatable bonds is 2. The maximum Gasteiger partial charge on any atom is 2.00 e. The van der Waals surface area contributed by atoms with E-state index < -0.39 is 11.9 Å². The van der Waals surface area contributed by atoms with Crippen molar-refractivity contribution >= 4 is 49.7 Å². The summed E-state index contributed by atoms with van der Waals surface area (Å²) in [6.45, 7) is 3.20. The fourth-order valence-electron chi connectivity index (χ4n) is 0. The summed E-state index contributed by atoms with van der Waals surface area (Å²) in [6.07, 6.45) is 0.444. The molecule has 0 aromatic carbocycles. The summed E-state index contributed by atoms with van der Waals surface area (Å²) in [4.78, 5) is 18.7. The van der Waals surface area contributed by atoms with Crippen LogP contribution in [0, 0.1) is 0 Å². The van der Waals surface area contributed by atoms with Crippen LogP contribution in [-0.2, 0) is 9.59 Å². The van der Waals surface area contributed by atoms with E-state index in [2.05, 4.69) is 0 Å².